The zero-order chi connectivity index (χ0) is 37.5. The number of thiophene rings is 1. The van der Waals surface area contributed by atoms with Crippen LogP contribution in [0.25, 0.3) is 121 Å². The van der Waals surface area contributed by atoms with Gasteiger partial charge in [-0.2, -0.15) is 0 Å². The van der Waals surface area contributed by atoms with Crippen molar-refractivity contribution in [2.75, 3.05) is 0 Å². The van der Waals surface area contributed by atoms with Crippen LogP contribution in [0.5, 0.6) is 0 Å². The molecule has 12 rings (SSSR count). The van der Waals surface area contributed by atoms with E-state index in [0.717, 1.165) is 86.4 Å². The lowest BCUT2D eigenvalue weighted by molar-refractivity contribution is 0.666. The first-order chi connectivity index (χ1) is 28.2. The number of rotatable bonds is 5. The second-order valence-corrected chi connectivity index (χ2v) is 15.1. The summed E-state index contributed by atoms with van der Waals surface area (Å²) in [6, 6.07) is 55.3. The molecule has 8 heteroatoms. The third-order valence-corrected chi connectivity index (χ3v) is 11.7. The summed E-state index contributed by atoms with van der Waals surface area (Å²) in [6.07, 6.45) is 0. The largest absolute Gasteiger partial charge is 0.456 e. The lowest BCUT2D eigenvalue weighted by Crippen LogP contribution is -2.00. The second-order valence-electron chi connectivity index (χ2n) is 14.0. The topological polar surface area (TPSA) is 90.7 Å². The lowest BCUT2D eigenvalue weighted by atomic mass is 10.0. The van der Waals surface area contributed by atoms with Crippen LogP contribution in [0.2, 0.25) is 0 Å². The molecule has 0 saturated carbocycles. The van der Waals surface area contributed by atoms with E-state index in [1.807, 2.05) is 97.1 Å². The van der Waals surface area contributed by atoms with E-state index < -0.39 is 0 Å². The van der Waals surface area contributed by atoms with E-state index in [1.54, 1.807) is 11.3 Å². The van der Waals surface area contributed by atoms with E-state index in [0.29, 0.717) is 34.6 Å². The molecule has 0 N–H and O–H groups in total. The van der Waals surface area contributed by atoms with Crippen LogP contribution in [0.15, 0.2) is 173 Å². The average Bonchev–Trinajstić information content (AvgIpc) is 3.97. The number of hydrogen-bond acceptors (Lipinski definition) is 8. The molecule has 12 aromatic rings. The highest BCUT2D eigenvalue weighted by atomic mass is 32.1. The van der Waals surface area contributed by atoms with Gasteiger partial charge >= 0.3 is 0 Å². The number of hydrogen-bond donors (Lipinski definition) is 0. The third kappa shape index (κ3) is 5.15. The Kier molecular flexibility index (Phi) is 6.96. The van der Waals surface area contributed by atoms with Crippen molar-refractivity contribution in [3.8, 4) is 56.8 Å². The van der Waals surface area contributed by atoms with Crippen LogP contribution in [0.1, 0.15) is 0 Å². The highest BCUT2D eigenvalue weighted by Crippen LogP contribution is 2.43. The summed E-state index contributed by atoms with van der Waals surface area (Å²) < 4.78 is 15.0. The van der Waals surface area contributed by atoms with Gasteiger partial charge in [-0.1, -0.05) is 121 Å². The fourth-order valence-corrected chi connectivity index (χ4v) is 9.04. The summed E-state index contributed by atoms with van der Waals surface area (Å²) in [5.41, 5.74) is 9.17. The molecule has 5 aromatic heterocycles. The zero-order valence-electron chi connectivity index (χ0n) is 30.0. The van der Waals surface area contributed by atoms with Crippen molar-refractivity contribution < 1.29 is 8.83 Å². The molecule has 57 heavy (non-hydrogen) atoms. The van der Waals surface area contributed by atoms with Crippen molar-refractivity contribution >= 4 is 75.5 Å². The summed E-state index contributed by atoms with van der Waals surface area (Å²) in [4.78, 5) is 25.5. The van der Waals surface area contributed by atoms with Crippen molar-refractivity contribution in [2.24, 2.45) is 0 Å². The first kappa shape index (κ1) is 31.8. The molecule has 0 saturated heterocycles. The number of benzene rings is 7. The van der Waals surface area contributed by atoms with E-state index in [9.17, 15) is 0 Å². The SMILES string of the molecule is c1ccc(-c2nc(-c3ccccc3)nc(-c3cccc4sc5cc(-c6nc(-c7ccc8c(c7)oc7ccccc78)c7oc8ccccc8c7n6)ccc5c34)n2)cc1. The Morgan fingerprint density at radius 3 is 1.75 bits per heavy atom. The van der Waals surface area contributed by atoms with Crippen LogP contribution < -0.4 is 0 Å². The molecule has 0 aliphatic heterocycles. The van der Waals surface area contributed by atoms with Crippen molar-refractivity contribution in [3.05, 3.63) is 164 Å². The molecule has 0 aliphatic carbocycles. The quantitative estimate of drug-likeness (QED) is 0.173. The predicted molar refractivity (Wildman–Crippen MR) is 230 cm³/mol. The molecular formula is C49H27N5O2S. The first-order valence-corrected chi connectivity index (χ1v) is 19.5. The van der Waals surface area contributed by atoms with E-state index >= 15 is 0 Å². The molecule has 0 radical (unpaired) electrons. The molecule has 0 aliphatic rings. The lowest BCUT2D eigenvalue weighted by Gasteiger charge is -2.09. The molecule has 0 spiro atoms. The van der Waals surface area contributed by atoms with Crippen molar-refractivity contribution in [1.29, 1.82) is 0 Å². The van der Waals surface area contributed by atoms with Gasteiger partial charge in [0.05, 0.1) is 0 Å². The Balaban J connectivity index is 1.03. The molecule has 7 nitrogen and oxygen atoms in total. The van der Waals surface area contributed by atoms with Gasteiger partial charge in [-0.05, 0) is 42.5 Å². The Labute approximate surface area is 328 Å². The maximum atomic E-state index is 6.47. The highest BCUT2D eigenvalue weighted by Gasteiger charge is 2.21. The number of furan rings is 2. The van der Waals surface area contributed by atoms with E-state index in [-0.39, 0.29) is 0 Å². The van der Waals surface area contributed by atoms with Gasteiger partial charge in [-0.25, -0.2) is 24.9 Å². The Hall–Kier alpha value is -7.55. The van der Waals surface area contributed by atoms with Gasteiger partial charge in [0.25, 0.3) is 0 Å². The average molecular weight is 750 g/mol. The minimum atomic E-state index is 0.616. The molecule has 5 heterocycles. The zero-order valence-corrected chi connectivity index (χ0v) is 30.9. The summed E-state index contributed by atoms with van der Waals surface area (Å²) in [5.74, 6) is 2.51. The van der Waals surface area contributed by atoms with Crippen LogP contribution in [-0.4, -0.2) is 24.9 Å². The van der Waals surface area contributed by atoms with Gasteiger partial charge < -0.3 is 8.83 Å². The van der Waals surface area contributed by atoms with E-state index in [4.69, 9.17) is 33.8 Å². The minimum Gasteiger partial charge on any atom is -0.456 e. The number of para-hydroxylation sites is 2. The highest BCUT2D eigenvalue weighted by molar-refractivity contribution is 7.26. The van der Waals surface area contributed by atoms with E-state index in [1.165, 1.54) is 0 Å². The van der Waals surface area contributed by atoms with Crippen molar-refractivity contribution in [2.45, 2.75) is 0 Å². The Morgan fingerprint density at radius 1 is 0.368 bits per heavy atom. The molecular weight excluding hydrogens is 723 g/mol. The fourth-order valence-electron chi connectivity index (χ4n) is 7.87. The van der Waals surface area contributed by atoms with Crippen molar-refractivity contribution in [1.82, 2.24) is 24.9 Å². The molecule has 0 atom stereocenters. The summed E-state index contributed by atoms with van der Waals surface area (Å²) in [5, 5.41) is 5.30. The molecule has 0 fully saturated rings. The molecule has 0 amide bonds. The predicted octanol–water partition coefficient (Wildman–Crippen LogP) is 13.2. The Morgan fingerprint density at radius 2 is 0.982 bits per heavy atom. The van der Waals surface area contributed by atoms with Gasteiger partial charge in [0.2, 0.25) is 0 Å². The number of nitrogens with zero attached hydrogens (tertiary/aromatic N) is 5. The van der Waals surface area contributed by atoms with Crippen LogP contribution in [0.3, 0.4) is 0 Å². The summed E-state index contributed by atoms with van der Waals surface area (Å²) in [6.45, 7) is 0. The normalized spacial score (nSPS) is 11.9. The first-order valence-electron chi connectivity index (χ1n) is 18.7. The van der Waals surface area contributed by atoms with Crippen molar-refractivity contribution in [3.63, 3.8) is 0 Å². The standard InChI is InChI=1S/C49H27N5O2S/c1-3-12-28(13-4-1)46-52-47(29-14-5-2-6-15-29)54-49(53-46)36-18-11-21-40-42(36)35-25-23-31(27-41(35)57-40)48-50-43(45-44(51-48)34-17-8-10-20-38(34)56-45)30-22-24-33-32-16-7-9-19-37(32)55-39(33)26-30/h1-27H. The second kappa shape index (κ2) is 12.5. The molecule has 266 valence electrons. The monoisotopic (exact) mass is 749 g/mol. The minimum absolute atomic E-state index is 0.616. The maximum absolute atomic E-state index is 6.47. The summed E-state index contributed by atoms with van der Waals surface area (Å²) >= 11 is 1.73. The maximum Gasteiger partial charge on any atom is 0.180 e. The van der Waals surface area contributed by atoms with Gasteiger partial charge in [0, 0.05) is 64.1 Å². The van der Waals surface area contributed by atoms with Crippen LogP contribution >= 0.6 is 11.3 Å². The van der Waals surface area contributed by atoms with Crippen LogP contribution in [-0.2, 0) is 0 Å². The molecule has 0 unspecified atom stereocenters. The van der Waals surface area contributed by atoms with Gasteiger partial charge in [-0.15, -0.1) is 11.3 Å². The molecule has 0 bridgehead atoms. The fraction of sp³-hybridized carbons (Fsp3) is 0. The van der Waals surface area contributed by atoms with Gasteiger partial charge in [-0.3, -0.25) is 0 Å². The smallest absolute Gasteiger partial charge is 0.180 e. The number of aromatic nitrogens is 5. The Bertz CT molecular complexity index is 3480. The van der Waals surface area contributed by atoms with Gasteiger partial charge in [0.15, 0.2) is 28.9 Å². The molecule has 7 aromatic carbocycles. The number of fused-ring (bicyclic) bond motifs is 9. The third-order valence-electron chi connectivity index (χ3n) is 10.6. The van der Waals surface area contributed by atoms with Gasteiger partial charge in [0.1, 0.15) is 28.0 Å². The van der Waals surface area contributed by atoms with Crippen LogP contribution in [0, 0.1) is 0 Å². The van der Waals surface area contributed by atoms with Crippen LogP contribution in [0.4, 0.5) is 0 Å². The summed E-state index contributed by atoms with van der Waals surface area (Å²) in [7, 11) is 0. The van der Waals surface area contributed by atoms with E-state index in [2.05, 4.69) is 66.7 Å².